The molecule has 1 heterocycles. The Balaban J connectivity index is 1.42. The minimum absolute atomic E-state index is 0.0567. The first-order valence-electron chi connectivity index (χ1n) is 12.0. The van der Waals surface area contributed by atoms with Crippen LogP contribution in [-0.4, -0.2) is 47.1 Å². The quantitative estimate of drug-likeness (QED) is 0.371. The summed E-state index contributed by atoms with van der Waals surface area (Å²) in [5.74, 6) is 0.251. The van der Waals surface area contributed by atoms with Crippen molar-refractivity contribution < 1.29 is 17.9 Å². The summed E-state index contributed by atoms with van der Waals surface area (Å²) < 4.78 is 33.5. The number of rotatable bonds is 11. The van der Waals surface area contributed by atoms with Gasteiger partial charge in [0.05, 0.1) is 17.2 Å². The number of hydrogen-bond donors (Lipinski definition) is 1. The highest BCUT2D eigenvalue weighted by Gasteiger charge is 2.27. The fourth-order valence-electron chi connectivity index (χ4n) is 4.25. The summed E-state index contributed by atoms with van der Waals surface area (Å²) >= 11 is 5.95. The van der Waals surface area contributed by atoms with E-state index >= 15 is 0 Å². The smallest absolute Gasteiger partial charge is 0.264 e. The molecule has 9 heteroatoms. The molecular formula is C27H30ClN3O4S. The highest BCUT2D eigenvalue weighted by molar-refractivity contribution is 7.92. The zero-order chi connectivity index (χ0) is 25.5. The van der Waals surface area contributed by atoms with Crippen LogP contribution < -0.4 is 19.3 Å². The van der Waals surface area contributed by atoms with Gasteiger partial charge in [-0.25, -0.2) is 8.42 Å². The van der Waals surface area contributed by atoms with Crippen molar-refractivity contribution in [3.8, 4) is 5.75 Å². The molecule has 0 unspecified atom stereocenters. The number of carbonyl (C=O) groups is 1. The Morgan fingerprint density at radius 2 is 1.78 bits per heavy atom. The molecule has 0 bridgehead atoms. The summed E-state index contributed by atoms with van der Waals surface area (Å²) in [5.41, 5.74) is 2.97. The molecule has 36 heavy (non-hydrogen) atoms. The van der Waals surface area contributed by atoms with Crippen LogP contribution >= 0.6 is 11.6 Å². The largest absolute Gasteiger partial charge is 0.494 e. The highest BCUT2D eigenvalue weighted by atomic mass is 35.5. The summed E-state index contributed by atoms with van der Waals surface area (Å²) in [4.78, 5) is 15.2. The second kappa shape index (κ2) is 11.7. The predicted molar refractivity (Wildman–Crippen MR) is 144 cm³/mol. The molecule has 0 spiro atoms. The van der Waals surface area contributed by atoms with Crippen LogP contribution in [0.1, 0.15) is 18.9 Å². The van der Waals surface area contributed by atoms with Crippen LogP contribution in [0.5, 0.6) is 5.75 Å². The molecule has 0 aromatic heterocycles. The van der Waals surface area contributed by atoms with Crippen LogP contribution in [0.3, 0.4) is 0 Å². The lowest BCUT2D eigenvalue weighted by Crippen LogP contribution is -2.41. The zero-order valence-electron chi connectivity index (χ0n) is 20.2. The Hall–Kier alpha value is -3.23. The molecule has 0 saturated heterocycles. The van der Waals surface area contributed by atoms with Crippen molar-refractivity contribution in [1.29, 1.82) is 0 Å². The van der Waals surface area contributed by atoms with Gasteiger partial charge in [0.1, 0.15) is 12.3 Å². The van der Waals surface area contributed by atoms with E-state index in [2.05, 4.69) is 28.4 Å². The lowest BCUT2D eigenvalue weighted by atomic mass is 10.2. The number of sulfonamides is 1. The molecular weight excluding hydrogens is 498 g/mol. The molecule has 1 N–H and O–H groups in total. The number of nitrogens with one attached hydrogen (secondary N) is 1. The topological polar surface area (TPSA) is 79.0 Å². The van der Waals surface area contributed by atoms with Crippen molar-refractivity contribution in [2.45, 2.75) is 24.7 Å². The number of benzene rings is 3. The van der Waals surface area contributed by atoms with Gasteiger partial charge in [-0.05, 0) is 79.9 Å². The summed E-state index contributed by atoms with van der Waals surface area (Å²) in [6.07, 6.45) is 1.79. The Labute approximate surface area is 217 Å². The monoisotopic (exact) mass is 527 g/mol. The molecule has 0 saturated carbocycles. The van der Waals surface area contributed by atoms with E-state index in [4.69, 9.17) is 16.3 Å². The molecule has 1 amide bonds. The number of amides is 1. The van der Waals surface area contributed by atoms with Gasteiger partial charge >= 0.3 is 0 Å². The molecule has 0 fully saturated rings. The van der Waals surface area contributed by atoms with Gasteiger partial charge in [0.15, 0.2) is 0 Å². The maximum atomic E-state index is 13.5. The van der Waals surface area contributed by atoms with E-state index in [0.29, 0.717) is 29.6 Å². The van der Waals surface area contributed by atoms with Crippen molar-refractivity contribution in [3.63, 3.8) is 0 Å². The SMILES string of the molecule is CCOc1ccc(N(CC(=O)NCCCN2CCc3ccccc32)S(=O)(=O)c2ccc(Cl)cc2)cc1. The predicted octanol–water partition coefficient (Wildman–Crippen LogP) is 4.50. The third kappa shape index (κ3) is 6.12. The molecule has 0 atom stereocenters. The Morgan fingerprint density at radius 3 is 2.50 bits per heavy atom. The van der Waals surface area contributed by atoms with E-state index in [1.807, 2.05) is 13.0 Å². The third-order valence-corrected chi connectivity index (χ3v) is 8.07. The lowest BCUT2D eigenvalue weighted by molar-refractivity contribution is -0.119. The van der Waals surface area contributed by atoms with E-state index in [9.17, 15) is 13.2 Å². The Kier molecular flexibility index (Phi) is 8.38. The molecule has 1 aliphatic rings. The first-order valence-corrected chi connectivity index (χ1v) is 13.8. The average molecular weight is 528 g/mol. The van der Waals surface area contributed by atoms with Crippen molar-refractivity contribution in [1.82, 2.24) is 5.32 Å². The summed E-state index contributed by atoms with van der Waals surface area (Å²) in [6.45, 7) is 4.28. The van der Waals surface area contributed by atoms with Gasteiger partial charge in [0.25, 0.3) is 10.0 Å². The van der Waals surface area contributed by atoms with Gasteiger partial charge in [0, 0.05) is 30.3 Å². The second-order valence-corrected chi connectivity index (χ2v) is 10.8. The van der Waals surface area contributed by atoms with Crippen molar-refractivity contribution in [2.75, 3.05) is 42.0 Å². The molecule has 0 aliphatic carbocycles. The molecule has 0 radical (unpaired) electrons. The zero-order valence-corrected chi connectivity index (χ0v) is 21.8. The summed E-state index contributed by atoms with van der Waals surface area (Å²) in [6, 6.07) is 20.9. The van der Waals surface area contributed by atoms with Crippen molar-refractivity contribution in [2.24, 2.45) is 0 Å². The van der Waals surface area contributed by atoms with Gasteiger partial charge in [-0.1, -0.05) is 29.8 Å². The van der Waals surface area contributed by atoms with Crippen LogP contribution in [0.15, 0.2) is 77.7 Å². The fraction of sp³-hybridized carbons (Fsp3) is 0.296. The van der Waals surface area contributed by atoms with Gasteiger partial charge in [-0.3, -0.25) is 9.10 Å². The molecule has 4 rings (SSSR count). The van der Waals surface area contributed by atoms with Crippen LogP contribution in [0.2, 0.25) is 5.02 Å². The van der Waals surface area contributed by atoms with Gasteiger partial charge in [-0.2, -0.15) is 0 Å². The molecule has 7 nitrogen and oxygen atoms in total. The van der Waals surface area contributed by atoms with E-state index in [1.165, 1.54) is 35.5 Å². The highest BCUT2D eigenvalue weighted by Crippen LogP contribution is 2.28. The third-order valence-electron chi connectivity index (χ3n) is 6.03. The standard InChI is InChI=1S/C27H30ClN3O4S/c1-2-35-24-12-10-23(11-13-24)31(36(33,34)25-14-8-22(28)9-15-25)20-27(32)29-17-5-18-30-19-16-21-6-3-4-7-26(21)30/h3-4,6-15H,2,5,16-20H2,1H3,(H,29,32). The second-order valence-electron chi connectivity index (χ2n) is 8.46. The summed E-state index contributed by atoms with van der Waals surface area (Å²) in [7, 11) is -4.00. The van der Waals surface area contributed by atoms with E-state index < -0.39 is 10.0 Å². The number of fused-ring (bicyclic) bond motifs is 1. The van der Waals surface area contributed by atoms with Crippen LogP contribution in [0.4, 0.5) is 11.4 Å². The van der Waals surface area contributed by atoms with Gasteiger partial charge in [0.2, 0.25) is 5.91 Å². The van der Waals surface area contributed by atoms with Crippen LogP contribution in [0.25, 0.3) is 0 Å². The first-order chi connectivity index (χ1) is 17.4. The number of para-hydroxylation sites is 1. The minimum Gasteiger partial charge on any atom is -0.494 e. The molecule has 1 aliphatic heterocycles. The molecule has 3 aromatic rings. The normalized spacial score (nSPS) is 12.8. The van der Waals surface area contributed by atoms with Crippen molar-refractivity contribution in [3.05, 3.63) is 83.4 Å². The van der Waals surface area contributed by atoms with E-state index in [0.717, 1.165) is 30.2 Å². The summed E-state index contributed by atoms with van der Waals surface area (Å²) in [5, 5.41) is 3.31. The Morgan fingerprint density at radius 1 is 1.06 bits per heavy atom. The average Bonchev–Trinajstić information content (AvgIpc) is 3.29. The number of hydrogen-bond acceptors (Lipinski definition) is 5. The van der Waals surface area contributed by atoms with Gasteiger partial charge < -0.3 is 15.0 Å². The number of carbonyl (C=O) groups excluding carboxylic acids is 1. The molecule has 3 aromatic carbocycles. The maximum absolute atomic E-state index is 13.5. The number of anilines is 2. The Bertz CT molecular complexity index is 1280. The maximum Gasteiger partial charge on any atom is 0.264 e. The number of halogens is 1. The number of nitrogens with zero attached hydrogens (tertiary/aromatic N) is 2. The first kappa shape index (κ1) is 25.9. The minimum atomic E-state index is -4.00. The van der Waals surface area contributed by atoms with Crippen LogP contribution in [-0.2, 0) is 21.2 Å². The van der Waals surface area contributed by atoms with E-state index in [1.54, 1.807) is 24.3 Å². The van der Waals surface area contributed by atoms with E-state index in [-0.39, 0.29) is 17.3 Å². The van der Waals surface area contributed by atoms with Crippen molar-refractivity contribution >= 4 is 38.9 Å². The van der Waals surface area contributed by atoms with Gasteiger partial charge in [-0.15, -0.1) is 0 Å². The lowest BCUT2D eigenvalue weighted by Gasteiger charge is -2.24. The number of ether oxygens (including phenoxy) is 1. The van der Waals surface area contributed by atoms with Crippen LogP contribution in [0, 0.1) is 0 Å². The fourth-order valence-corrected chi connectivity index (χ4v) is 5.79. The molecule has 190 valence electrons.